The molecule has 0 heterocycles. The van der Waals surface area contributed by atoms with Crippen molar-refractivity contribution in [2.45, 2.75) is 38.3 Å². The van der Waals surface area contributed by atoms with E-state index in [4.69, 9.17) is 11.6 Å². The Bertz CT molecular complexity index is 380. The molecule has 2 atom stereocenters. The van der Waals surface area contributed by atoms with Gasteiger partial charge < -0.3 is 5.32 Å². The number of hydrogen-bond acceptors (Lipinski definition) is 2. The number of hydrogen-bond donors (Lipinski definition) is 1. The van der Waals surface area contributed by atoms with Gasteiger partial charge in [-0.3, -0.25) is 0 Å². The quantitative estimate of drug-likeness (QED) is 0.878. The van der Waals surface area contributed by atoms with E-state index in [0.29, 0.717) is 12.1 Å². The Kier molecular flexibility index (Phi) is 4.78. The molecule has 1 aromatic carbocycles. The molecule has 0 saturated heterocycles. The molecular formula is C14H20ClNS. The monoisotopic (exact) mass is 269 g/mol. The van der Waals surface area contributed by atoms with Crippen molar-refractivity contribution in [3.63, 3.8) is 0 Å². The second-order valence-corrected chi connectivity index (χ2v) is 6.29. The normalized spacial score (nSPS) is 20.3. The lowest BCUT2D eigenvalue weighted by molar-refractivity contribution is 0.449. The van der Waals surface area contributed by atoms with Crippen LogP contribution in [0, 0.1) is 0 Å². The first kappa shape index (κ1) is 13.3. The number of nitrogens with one attached hydrogen (secondary N) is 1. The number of benzene rings is 1. The number of halogens is 1. The molecule has 0 aromatic heterocycles. The predicted molar refractivity (Wildman–Crippen MR) is 78.2 cm³/mol. The SMILES string of the molecule is CSCCC(C)NC1Cc2ccc(Cl)cc2C1. The third-order valence-electron chi connectivity index (χ3n) is 3.38. The Morgan fingerprint density at radius 1 is 1.41 bits per heavy atom. The third-order valence-corrected chi connectivity index (χ3v) is 4.26. The van der Waals surface area contributed by atoms with Crippen LogP contribution in [0.4, 0.5) is 0 Å². The first-order valence-electron chi connectivity index (χ1n) is 6.21. The third kappa shape index (κ3) is 3.64. The van der Waals surface area contributed by atoms with Crippen molar-refractivity contribution in [3.05, 3.63) is 34.3 Å². The maximum atomic E-state index is 6.02. The molecule has 0 radical (unpaired) electrons. The van der Waals surface area contributed by atoms with Gasteiger partial charge in [-0.1, -0.05) is 17.7 Å². The molecule has 17 heavy (non-hydrogen) atoms. The molecule has 2 unspecified atom stereocenters. The molecule has 0 spiro atoms. The van der Waals surface area contributed by atoms with E-state index in [1.165, 1.54) is 23.3 Å². The highest BCUT2D eigenvalue weighted by Crippen LogP contribution is 2.25. The van der Waals surface area contributed by atoms with Gasteiger partial charge in [-0.05, 0) is 61.5 Å². The highest BCUT2D eigenvalue weighted by atomic mass is 35.5. The van der Waals surface area contributed by atoms with Gasteiger partial charge in [0.25, 0.3) is 0 Å². The van der Waals surface area contributed by atoms with Crippen LogP contribution < -0.4 is 5.32 Å². The molecule has 0 saturated carbocycles. The summed E-state index contributed by atoms with van der Waals surface area (Å²) in [4.78, 5) is 0. The minimum atomic E-state index is 0.598. The van der Waals surface area contributed by atoms with Crippen molar-refractivity contribution in [1.82, 2.24) is 5.32 Å². The summed E-state index contributed by atoms with van der Waals surface area (Å²) < 4.78 is 0. The number of fused-ring (bicyclic) bond motifs is 1. The fraction of sp³-hybridized carbons (Fsp3) is 0.571. The van der Waals surface area contributed by atoms with Gasteiger partial charge in [0.2, 0.25) is 0 Å². The van der Waals surface area contributed by atoms with Crippen LogP contribution in [0.3, 0.4) is 0 Å². The summed E-state index contributed by atoms with van der Waals surface area (Å²) in [6.45, 7) is 2.28. The summed E-state index contributed by atoms with van der Waals surface area (Å²) in [6, 6.07) is 7.49. The summed E-state index contributed by atoms with van der Waals surface area (Å²) in [6.07, 6.45) is 5.69. The zero-order valence-corrected chi connectivity index (χ0v) is 12.1. The number of thioether (sulfide) groups is 1. The predicted octanol–water partition coefficient (Wildman–Crippen LogP) is 3.54. The first-order chi connectivity index (χ1) is 8.19. The van der Waals surface area contributed by atoms with Crippen LogP contribution in [0.25, 0.3) is 0 Å². The minimum absolute atomic E-state index is 0.598. The summed E-state index contributed by atoms with van der Waals surface area (Å²) in [5.41, 5.74) is 2.89. The molecule has 1 aliphatic carbocycles. The van der Waals surface area contributed by atoms with Gasteiger partial charge in [0.15, 0.2) is 0 Å². The lowest BCUT2D eigenvalue weighted by Crippen LogP contribution is -2.37. The van der Waals surface area contributed by atoms with Crippen molar-refractivity contribution in [3.8, 4) is 0 Å². The van der Waals surface area contributed by atoms with Crippen LogP contribution in [0.5, 0.6) is 0 Å². The Morgan fingerprint density at radius 3 is 2.94 bits per heavy atom. The molecule has 0 fully saturated rings. The van der Waals surface area contributed by atoms with Gasteiger partial charge in [-0.2, -0.15) is 11.8 Å². The largest absolute Gasteiger partial charge is 0.311 e. The zero-order valence-electron chi connectivity index (χ0n) is 10.5. The van der Waals surface area contributed by atoms with E-state index in [1.54, 1.807) is 0 Å². The van der Waals surface area contributed by atoms with E-state index in [0.717, 1.165) is 17.9 Å². The van der Waals surface area contributed by atoms with Crippen LogP contribution >= 0.6 is 23.4 Å². The summed E-state index contributed by atoms with van der Waals surface area (Å²) in [5.74, 6) is 1.24. The maximum Gasteiger partial charge on any atom is 0.0408 e. The van der Waals surface area contributed by atoms with Crippen molar-refractivity contribution < 1.29 is 0 Å². The van der Waals surface area contributed by atoms with E-state index in [-0.39, 0.29) is 0 Å². The second kappa shape index (κ2) is 6.12. The average Bonchev–Trinajstić information content (AvgIpc) is 2.67. The molecule has 1 nitrogen and oxygen atoms in total. The highest BCUT2D eigenvalue weighted by Gasteiger charge is 2.22. The van der Waals surface area contributed by atoms with Gasteiger partial charge in [0, 0.05) is 17.1 Å². The standard InChI is InChI=1S/C14H20ClNS/c1-10(5-6-17-2)16-14-8-11-3-4-13(15)7-12(11)9-14/h3-4,7,10,14,16H,5-6,8-9H2,1-2H3. The van der Waals surface area contributed by atoms with E-state index in [1.807, 2.05) is 17.8 Å². The van der Waals surface area contributed by atoms with Crippen molar-refractivity contribution in [1.29, 1.82) is 0 Å². The van der Waals surface area contributed by atoms with Crippen LogP contribution in [0.1, 0.15) is 24.5 Å². The fourth-order valence-corrected chi connectivity index (χ4v) is 3.27. The van der Waals surface area contributed by atoms with Crippen molar-refractivity contribution in [2.24, 2.45) is 0 Å². The van der Waals surface area contributed by atoms with Gasteiger partial charge >= 0.3 is 0 Å². The number of rotatable bonds is 5. The Morgan fingerprint density at radius 2 is 2.18 bits per heavy atom. The smallest absolute Gasteiger partial charge is 0.0408 e. The molecule has 0 aliphatic heterocycles. The van der Waals surface area contributed by atoms with E-state index in [9.17, 15) is 0 Å². The van der Waals surface area contributed by atoms with Gasteiger partial charge in [-0.15, -0.1) is 0 Å². The van der Waals surface area contributed by atoms with Gasteiger partial charge in [0.05, 0.1) is 0 Å². The topological polar surface area (TPSA) is 12.0 Å². The lowest BCUT2D eigenvalue weighted by atomic mass is 10.1. The maximum absolute atomic E-state index is 6.02. The fourth-order valence-electron chi connectivity index (χ4n) is 2.48. The Balaban J connectivity index is 1.87. The lowest BCUT2D eigenvalue weighted by Gasteiger charge is -2.18. The Hall–Kier alpha value is -0.180. The molecule has 2 rings (SSSR count). The van der Waals surface area contributed by atoms with Crippen molar-refractivity contribution >= 4 is 23.4 Å². The Labute approximate surface area is 113 Å². The molecule has 1 aliphatic rings. The van der Waals surface area contributed by atoms with E-state index in [2.05, 4.69) is 30.6 Å². The van der Waals surface area contributed by atoms with Crippen LogP contribution in [-0.4, -0.2) is 24.1 Å². The molecule has 1 aromatic rings. The second-order valence-electron chi connectivity index (χ2n) is 4.87. The molecule has 3 heteroatoms. The van der Waals surface area contributed by atoms with E-state index >= 15 is 0 Å². The zero-order chi connectivity index (χ0) is 12.3. The highest BCUT2D eigenvalue weighted by molar-refractivity contribution is 7.98. The summed E-state index contributed by atoms with van der Waals surface area (Å²) in [7, 11) is 0. The van der Waals surface area contributed by atoms with Gasteiger partial charge in [-0.25, -0.2) is 0 Å². The summed E-state index contributed by atoms with van der Waals surface area (Å²) in [5, 5.41) is 4.58. The molecular weight excluding hydrogens is 250 g/mol. The molecule has 0 bridgehead atoms. The molecule has 1 N–H and O–H groups in total. The summed E-state index contributed by atoms with van der Waals surface area (Å²) >= 11 is 7.94. The van der Waals surface area contributed by atoms with E-state index < -0.39 is 0 Å². The molecule has 94 valence electrons. The first-order valence-corrected chi connectivity index (χ1v) is 7.98. The molecule has 0 amide bonds. The minimum Gasteiger partial charge on any atom is -0.311 e. The van der Waals surface area contributed by atoms with Crippen LogP contribution in [0.2, 0.25) is 5.02 Å². The van der Waals surface area contributed by atoms with Crippen LogP contribution in [0.15, 0.2) is 18.2 Å². The average molecular weight is 270 g/mol. The van der Waals surface area contributed by atoms with Crippen LogP contribution in [-0.2, 0) is 12.8 Å². The van der Waals surface area contributed by atoms with Gasteiger partial charge in [0.1, 0.15) is 0 Å². The van der Waals surface area contributed by atoms with Crippen molar-refractivity contribution in [2.75, 3.05) is 12.0 Å².